The van der Waals surface area contributed by atoms with E-state index in [1.165, 1.54) is 19.2 Å². The van der Waals surface area contributed by atoms with Crippen molar-refractivity contribution in [1.82, 2.24) is 9.55 Å². The van der Waals surface area contributed by atoms with Crippen molar-refractivity contribution in [2.45, 2.75) is 27.3 Å². The zero-order chi connectivity index (χ0) is 22.5. The molecule has 8 nitrogen and oxygen atoms in total. The van der Waals surface area contributed by atoms with Gasteiger partial charge in [0.25, 0.3) is 5.91 Å². The number of Topliss-reactive ketones (excluding diaryl/α,β-unsaturated/α-hetero) is 1. The van der Waals surface area contributed by atoms with Crippen molar-refractivity contribution in [2.24, 2.45) is 0 Å². The zero-order valence-electron chi connectivity index (χ0n) is 17.5. The Morgan fingerprint density at radius 3 is 2.52 bits per heavy atom. The van der Waals surface area contributed by atoms with Gasteiger partial charge in [-0.25, -0.2) is 4.79 Å². The number of carbonyl (C=O) groups is 3. The number of H-pyrrole nitrogens is 1. The third kappa shape index (κ3) is 4.73. The van der Waals surface area contributed by atoms with E-state index < -0.39 is 18.5 Å². The number of rotatable bonds is 7. The van der Waals surface area contributed by atoms with Gasteiger partial charge >= 0.3 is 5.97 Å². The van der Waals surface area contributed by atoms with Gasteiger partial charge in [0.2, 0.25) is 0 Å². The number of benzene rings is 1. The van der Waals surface area contributed by atoms with Crippen LogP contribution in [0.4, 0.5) is 5.82 Å². The Hall–Kier alpha value is -4.12. The van der Waals surface area contributed by atoms with E-state index in [2.05, 4.69) is 16.4 Å². The van der Waals surface area contributed by atoms with Crippen LogP contribution in [0.5, 0.6) is 0 Å². The first kappa shape index (κ1) is 21.6. The first-order valence-corrected chi connectivity index (χ1v) is 9.61. The molecule has 0 atom stereocenters. The minimum atomic E-state index is -0.754. The molecule has 0 fully saturated rings. The van der Waals surface area contributed by atoms with Gasteiger partial charge in [-0.2, -0.15) is 5.26 Å². The lowest BCUT2D eigenvalue weighted by Gasteiger charge is -2.13. The number of nitriles is 1. The van der Waals surface area contributed by atoms with Crippen LogP contribution in [0.3, 0.4) is 0 Å². The molecule has 2 N–H and O–H groups in total. The number of anilines is 1. The number of esters is 1. The molecule has 3 aromatic rings. The van der Waals surface area contributed by atoms with Crippen molar-refractivity contribution in [1.29, 1.82) is 5.26 Å². The molecule has 0 saturated heterocycles. The summed E-state index contributed by atoms with van der Waals surface area (Å²) in [4.78, 5) is 38.6. The van der Waals surface area contributed by atoms with Crippen LogP contribution in [0.2, 0.25) is 0 Å². The van der Waals surface area contributed by atoms with Crippen molar-refractivity contribution in [2.75, 3.05) is 11.9 Å². The van der Waals surface area contributed by atoms with Gasteiger partial charge < -0.3 is 19.6 Å². The maximum Gasteiger partial charge on any atom is 0.355 e. The fraction of sp³-hybridized carbons (Fsp3) is 0.217. The molecule has 158 valence electrons. The molecule has 0 aliphatic carbocycles. The molecule has 0 unspecified atom stereocenters. The molecular formula is C23H22N4O4. The summed E-state index contributed by atoms with van der Waals surface area (Å²) >= 11 is 0. The second kappa shape index (κ2) is 9.13. The number of aromatic nitrogens is 2. The fourth-order valence-electron chi connectivity index (χ4n) is 3.19. The molecule has 1 amide bonds. The lowest BCUT2D eigenvalue weighted by molar-refractivity contribution is -0.119. The predicted molar refractivity (Wildman–Crippen MR) is 114 cm³/mol. The van der Waals surface area contributed by atoms with Crippen LogP contribution < -0.4 is 5.32 Å². The highest BCUT2D eigenvalue weighted by Gasteiger charge is 2.21. The highest BCUT2D eigenvalue weighted by Crippen LogP contribution is 2.27. The Balaban J connectivity index is 1.74. The third-order valence-electron chi connectivity index (χ3n) is 5.03. The predicted octanol–water partition coefficient (Wildman–Crippen LogP) is 3.35. The molecule has 0 spiro atoms. The molecule has 2 aromatic heterocycles. The maximum absolute atomic E-state index is 12.5. The summed E-state index contributed by atoms with van der Waals surface area (Å²) in [6.45, 7) is 5.02. The van der Waals surface area contributed by atoms with Gasteiger partial charge in [0.1, 0.15) is 17.6 Å². The number of amides is 1. The van der Waals surface area contributed by atoms with E-state index in [0.717, 1.165) is 16.8 Å². The monoisotopic (exact) mass is 418 g/mol. The van der Waals surface area contributed by atoms with Gasteiger partial charge in [0.15, 0.2) is 12.4 Å². The number of nitrogens with zero attached hydrogens (tertiary/aromatic N) is 2. The number of aromatic amines is 1. The van der Waals surface area contributed by atoms with E-state index in [9.17, 15) is 19.6 Å². The number of ether oxygens (including phenoxy) is 1. The number of nitrogens with one attached hydrogen (secondary N) is 2. The van der Waals surface area contributed by atoms with Crippen LogP contribution >= 0.6 is 0 Å². The van der Waals surface area contributed by atoms with Gasteiger partial charge in [-0.3, -0.25) is 9.59 Å². The SMILES string of the molecule is CC(=O)c1c[nH]c(C(=O)OCC(=O)Nc2c(C#N)c(C)c(C)n2Cc2ccccc2)c1. The zero-order valence-corrected chi connectivity index (χ0v) is 17.5. The summed E-state index contributed by atoms with van der Waals surface area (Å²) in [5.41, 5.74) is 3.43. The number of ketones is 1. The topological polar surface area (TPSA) is 117 Å². The van der Waals surface area contributed by atoms with E-state index in [-0.39, 0.29) is 11.5 Å². The Kier molecular flexibility index (Phi) is 6.36. The van der Waals surface area contributed by atoms with Crippen molar-refractivity contribution in [3.63, 3.8) is 0 Å². The van der Waals surface area contributed by atoms with Gasteiger partial charge in [-0.05, 0) is 38.0 Å². The molecule has 8 heteroatoms. The van der Waals surface area contributed by atoms with E-state index in [1.807, 2.05) is 48.7 Å². The van der Waals surface area contributed by atoms with Crippen molar-refractivity contribution >= 4 is 23.5 Å². The maximum atomic E-state index is 12.5. The second-order valence-corrected chi connectivity index (χ2v) is 7.10. The van der Waals surface area contributed by atoms with Gasteiger partial charge in [-0.1, -0.05) is 30.3 Å². The molecular weight excluding hydrogens is 396 g/mol. The van der Waals surface area contributed by atoms with E-state index in [0.29, 0.717) is 23.5 Å². The standard InChI is InChI=1S/C23H22N4O4/c1-14-15(2)27(12-17-7-5-4-6-8-17)22(19(14)10-24)26-21(29)13-31-23(30)20-9-18(11-25-20)16(3)28/h4-9,11,25H,12-13H2,1-3H3,(H,26,29). The molecule has 3 rings (SSSR count). The first-order chi connectivity index (χ1) is 14.8. The molecule has 0 saturated carbocycles. The Morgan fingerprint density at radius 1 is 1.19 bits per heavy atom. The van der Waals surface area contributed by atoms with Crippen molar-refractivity contribution in [3.8, 4) is 6.07 Å². The highest BCUT2D eigenvalue weighted by molar-refractivity contribution is 5.98. The summed E-state index contributed by atoms with van der Waals surface area (Å²) < 4.78 is 6.89. The molecule has 2 heterocycles. The first-order valence-electron chi connectivity index (χ1n) is 9.61. The van der Waals surface area contributed by atoms with E-state index in [1.54, 1.807) is 0 Å². The van der Waals surface area contributed by atoms with Crippen molar-refractivity contribution in [3.05, 3.63) is 76.2 Å². The smallest absolute Gasteiger partial charge is 0.355 e. The average Bonchev–Trinajstić information content (AvgIpc) is 3.33. The number of carbonyl (C=O) groups excluding carboxylic acids is 3. The van der Waals surface area contributed by atoms with E-state index >= 15 is 0 Å². The van der Waals surface area contributed by atoms with Crippen LogP contribution in [-0.4, -0.2) is 33.8 Å². The Bertz CT molecular complexity index is 1180. The summed E-state index contributed by atoms with van der Waals surface area (Å²) in [5.74, 6) is -1.16. The third-order valence-corrected chi connectivity index (χ3v) is 5.03. The number of hydrogen-bond acceptors (Lipinski definition) is 5. The molecule has 0 aliphatic rings. The van der Waals surface area contributed by atoms with Crippen molar-refractivity contribution < 1.29 is 19.1 Å². The molecule has 0 radical (unpaired) electrons. The summed E-state index contributed by atoms with van der Waals surface area (Å²) in [6, 6.07) is 13.2. The van der Waals surface area contributed by atoms with Gasteiger partial charge in [0, 0.05) is 24.0 Å². The van der Waals surface area contributed by atoms with Gasteiger partial charge in [-0.15, -0.1) is 0 Å². The fourth-order valence-corrected chi connectivity index (χ4v) is 3.19. The van der Waals surface area contributed by atoms with Crippen LogP contribution in [0, 0.1) is 25.2 Å². The molecule has 31 heavy (non-hydrogen) atoms. The van der Waals surface area contributed by atoms with Crippen LogP contribution in [-0.2, 0) is 16.1 Å². The lowest BCUT2D eigenvalue weighted by atomic mass is 10.2. The summed E-state index contributed by atoms with van der Waals surface area (Å²) in [6.07, 6.45) is 1.40. The number of hydrogen-bond donors (Lipinski definition) is 2. The Morgan fingerprint density at radius 2 is 1.90 bits per heavy atom. The normalized spacial score (nSPS) is 10.4. The molecule has 0 bridgehead atoms. The summed E-state index contributed by atoms with van der Waals surface area (Å²) in [5, 5.41) is 12.3. The highest BCUT2D eigenvalue weighted by atomic mass is 16.5. The van der Waals surface area contributed by atoms with Crippen LogP contribution in [0.25, 0.3) is 0 Å². The largest absolute Gasteiger partial charge is 0.451 e. The van der Waals surface area contributed by atoms with Crippen LogP contribution in [0.15, 0.2) is 42.6 Å². The molecule has 0 aliphatic heterocycles. The minimum absolute atomic E-state index is 0.0786. The van der Waals surface area contributed by atoms with E-state index in [4.69, 9.17) is 4.74 Å². The quantitative estimate of drug-likeness (QED) is 0.451. The van der Waals surface area contributed by atoms with Gasteiger partial charge in [0.05, 0.1) is 5.56 Å². The molecule has 1 aromatic carbocycles. The minimum Gasteiger partial charge on any atom is -0.451 e. The van der Waals surface area contributed by atoms with Crippen LogP contribution in [0.1, 0.15) is 50.2 Å². The average molecular weight is 418 g/mol. The Labute approximate surface area is 179 Å². The second-order valence-electron chi connectivity index (χ2n) is 7.10. The lowest BCUT2D eigenvalue weighted by Crippen LogP contribution is -2.23. The summed E-state index contributed by atoms with van der Waals surface area (Å²) in [7, 11) is 0.